The van der Waals surface area contributed by atoms with Crippen LogP contribution in [0.5, 0.6) is 5.75 Å². The highest BCUT2D eigenvalue weighted by Crippen LogP contribution is 2.27. The molecule has 2 N–H and O–H groups in total. The molecular weight excluding hydrogens is 294 g/mol. The Balaban J connectivity index is 2.11. The summed E-state index contributed by atoms with van der Waals surface area (Å²) in [5.41, 5.74) is 2.50. The van der Waals surface area contributed by atoms with Crippen molar-refractivity contribution in [2.75, 3.05) is 19.5 Å². The fraction of sp³-hybridized carbons (Fsp3) is 0.294. The predicted molar refractivity (Wildman–Crippen MR) is 90.9 cm³/mol. The van der Waals surface area contributed by atoms with E-state index in [4.69, 9.17) is 4.74 Å². The van der Waals surface area contributed by atoms with Gasteiger partial charge in [-0.15, -0.1) is 0 Å². The minimum atomic E-state index is -0.376. The number of nitrogens with zero attached hydrogens (tertiary/aromatic N) is 1. The van der Waals surface area contributed by atoms with E-state index in [1.54, 1.807) is 26.3 Å². The number of ether oxygens (including phenoxy) is 1. The fourth-order valence-corrected chi connectivity index (χ4v) is 2.45. The van der Waals surface area contributed by atoms with Gasteiger partial charge in [-0.05, 0) is 24.6 Å². The lowest BCUT2D eigenvalue weighted by Crippen LogP contribution is -2.18. The van der Waals surface area contributed by atoms with Crippen molar-refractivity contribution in [2.45, 2.75) is 19.5 Å². The maximum absolute atomic E-state index is 11.1. The van der Waals surface area contributed by atoms with Gasteiger partial charge in [-0.1, -0.05) is 24.3 Å². The average Bonchev–Trinajstić information content (AvgIpc) is 2.59. The first kappa shape index (κ1) is 16.8. The monoisotopic (exact) mass is 315 g/mol. The maximum Gasteiger partial charge on any atom is 0.292 e. The third-order valence-corrected chi connectivity index (χ3v) is 3.75. The molecule has 0 aliphatic heterocycles. The first-order valence-electron chi connectivity index (χ1n) is 7.38. The van der Waals surface area contributed by atoms with E-state index in [-0.39, 0.29) is 16.7 Å². The van der Waals surface area contributed by atoms with Crippen molar-refractivity contribution in [3.8, 4) is 5.75 Å². The molecule has 2 aromatic carbocycles. The van der Waals surface area contributed by atoms with Crippen LogP contribution >= 0.6 is 0 Å². The van der Waals surface area contributed by atoms with Crippen molar-refractivity contribution in [1.29, 1.82) is 0 Å². The van der Waals surface area contributed by atoms with Crippen molar-refractivity contribution >= 4 is 11.4 Å². The van der Waals surface area contributed by atoms with Crippen LogP contribution in [0.1, 0.15) is 24.1 Å². The van der Waals surface area contributed by atoms with Crippen LogP contribution in [0.4, 0.5) is 11.4 Å². The number of anilines is 1. The van der Waals surface area contributed by atoms with Gasteiger partial charge in [0, 0.05) is 31.3 Å². The molecule has 0 unspecified atom stereocenters. The Morgan fingerprint density at radius 1 is 1.26 bits per heavy atom. The molecule has 2 rings (SSSR count). The van der Waals surface area contributed by atoms with E-state index in [0.717, 1.165) is 16.9 Å². The van der Waals surface area contributed by atoms with Crippen LogP contribution in [-0.4, -0.2) is 19.1 Å². The molecule has 122 valence electrons. The van der Waals surface area contributed by atoms with Gasteiger partial charge in [0.15, 0.2) is 0 Å². The molecule has 0 bridgehead atoms. The van der Waals surface area contributed by atoms with Crippen LogP contribution in [0.2, 0.25) is 0 Å². The van der Waals surface area contributed by atoms with Gasteiger partial charge in [0.1, 0.15) is 11.4 Å². The van der Waals surface area contributed by atoms with Gasteiger partial charge >= 0.3 is 0 Å². The molecule has 0 radical (unpaired) electrons. The van der Waals surface area contributed by atoms with E-state index >= 15 is 0 Å². The van der Waals surface area contributed by atoms with Crippen molar-refractivity contribution in [3.05, 3.63) is 63.7 Å². The third kappa shape index (κ3) is 3.98. The van der Waals surface area contributed by atoms with E-state index in [9.17, 15) is 10.1 Å². The van der Waals surface area contributed by atoms with E-state index in [1.807, 2.05) is 37.3 Å². The number of benzene rings is 2. The molecular formula is C17H21N3O3. The molecule has 0 spiro atoms. The smallest absolute Gasteiger partial charge is 0.292 e. The molecule has 0 aliphatic carbocycles. The quantitative estimate of drug-likeness (QED) is 0.604. The van der Waals surface area contributed by atoms with E-state index in [2.05, 4.69) is 10.6 Å². The van der Waals surface area contributed by atoms with Gasteiger partial charge < -0.3 is 15.4 Å². The van der Waals surface area contributed by atoms with Gasteiger partial charge in [-0.3, -0.25) is 10.1 Å². The zero-order valence-electron chi connectivity index (χ0n) is 13.5. The second-order valence-corrected chi connectivity index (χ2v) is 5.20. The SMILES string of the molecule is CNc1ccc(CN[C@@H](C)c2ccccc2OC)cc1[N+](=O)[O-]. The molecule has 0 amide bonds. The van der Waals surface area contributed by atoms with Crippen LogP contribution in [0.3, 0.4) is 0 Å². The number of hydrogen-bond donors (Lipinski definition) is 2. The lowest BCUT2D eigenvalue weighted by atomic mass is 10.1. The molecule has 0 aromatic heterocycles. The molecule has 0 saturated heterocycles. The van der Waals surface area contributed by atoms with Crippen molar-refractivity contribution in [3.63, 3.8) is 0 Å². The number of hydrogen-bond acceptors (Lipinski definition) is 5. The van der Waals surface area contributed by atoms with Gasteiger partial charge in [-0.25, -0.2) is 0 Å². The number of nitro groups is 1. The molecule has 0 fully saturated rings. The lowest BCUT2D eigenvalue weighted by molar-refractivity contribution is -0.384. The Kier molecular flexibility index (Phi) is 5.54. The second-order valence-electron chi connectivity index (χ2n) is 5.20. The van der Waals surface area contributed by atoms with Crippen LogP contribution in [-0.2, 0) is 6.54 Å². The minimum absolute atomic E-state index is 0.0641. The first-order valence-corrected chi connectivity index (χ1v) is 7.38. The molecule has 6 nitrogen and oxygen atoms in total. The summed E-state index contributed by atoms with van der Waals surface area (Å²) in [5, 5.41) is 17.3. The summed E-state index contributed by atoms with van der Waals surface area (Å²) in [7, 11) is 3.31. The summed E-state index contributed by atoms with van der Waals surface area (Å²) >= 11 is 0. The molecule has 23 heavy (non-hydrogen) atoms. The normalized spacial score (nSPS) is 11.8. The Labute approximate surface area is 135 Å². The Bertz CT molecular complexity index is 689. The Morgan fingerprint density at radius 3 is 2.65 bits per heavy atom. The van der Waals surface area contributed by atoms with Crippen molar-refractivity contribution < 1.29 is 9.66 Å². The number of nitrogens with one attached hydrogen (secondary N) is 2. The molecule has 2 aromatic rings. The lowest BCUT2D eigenvalue weighted by Gasteiger charge is -2.17. The van der Waals surface area contributed by atoms with Gasteiger partial charge in [-0.2, -0.15) is 0 Å². The standard InChI is InChI=1S/C17H21N3O3/c1-12(14-6-4-5-7-17(14)23-3)19-11-13-8-9-15(18-2)16(10-13)20(21)22/h4-10,12,18-19H,11H2,1-3H3/t12-/m0/s1. The van der Waals surface area contributed by atoms with Crippen LogP contribution < -0.4 is 15.4 Å². The molecule has 6 heteroatoms. The summed E-state index contributed by atoms with van der Waals surface area (Å²) in [4.78, 5) is 10.7. The minimum Gasteiger partial charge on any atom is -0.496 e. The Morgan fingerprint density at radius 2 is 2.00 bits per heavy atom. The van der Waals surface area contributed by atoms with Crippen molar-refractivity contribution in [1.82, 2.24) is 5.32 Å². The number of methoxy groups -OCH3 is 1. The highest BCUT2D eigenvalue weighted by molar-refractivity contribution is 5.62. The van der Waals surface area contributed by atoms with Crippen LogP contribution in [0, 0.1) is 10.1 Å². The summed E-state index contributed by atoms with van der Waals surface area (Å²) in [5.74, 6) is 0.823. The molecule has 0 aliphatic rings. The highest BCUT2D eigenvalue weighted by Gasteiger charge is 2.14. The largest absolute Gasteiger partial charge is 0.496 e. The zero-order valence-corrected chi connectivity index (χ0v) is 13.5. The third-order valence-electron chi connectivity index (χ3n) is 3.75. The highest BCUT2D eigenvalue weighted by atomic mass is 16.6. The molecule has 0 heterocycles. The first-order chi connectivity index (χ1) is 11.1. The van der Waals surface area contributed by atoms with E-state index in [1.165, 1.54) is 0 Å². The van der Waals surface area contributed by atoms with E-state index in [0.29, 0.717) is 12.2 Å². The number of rotatable bonds is 7. The van der Waals surface area contributed by atoms with E-state index < -0.39 is 0 Å². The van der Waals surface area contributed by atoms with Crippen molar-refractivity contribution in [2.24, 2.45) is 0 Å². The number of para-hydroxylation sites is 1. The summed E-state index contributed by atoms with van der Waals surface area (Å²) in [6.07, 6.45) is 0. The topological polar surface area (TPSA) is 76.4 Å². The van der Waals surface area contributed by atoms with Gasteiger partial charge in [0.25, 0.3) is 5.69 Å². The second kappa shape index (κ2) is 7.60. The van der Waals surface area contributed by atoms with Gasteiger partial charge in [0.2, 0.25) is 0 Å². The zero-order chi connectivity index (χ0) is 16.8. The maximum atomic E-state index is 11.1. The summed E-state index contributed by atoms with van der Waals surface area (Å²) in [6, 6.07) is 13.1. The summed E-state index contributed by atoms with van der Waals surface area (Å²) in [6.45, 7) is 2.57. The molecule has 0 saturated carbocycles. The van der Waals surface area contributed by atoms with Crippen LogP contribution in [0.15, 0.2) is 42.5 Å². The van der Waals surface area contributed by atoms with Gasteiger partial charge in [0.05, 0.1) is 12.0 Å². The Hall–Kier alpha value is -2.60. The predicted octanol–water partition coefficient (Wildman–Crippen LogP) is 3.50. The number of nitro benzene ring substituents is 1. The molecule has 1 atom stereocenters. The summed E-state index contributed by atoms with van der Waals surface area (Å²) < 4.78 is 5.36. The van der Waals surface area contributed by atoms with Crippen LogP contribution in [0.25, 0.3) is 0 Å². The fourth-order valence-electron chi connectivity index (χ4n) is 2.45. The average molecular weight is 315 g/mol.